The number of amides is 1. The number of fused-ring (bicyclic) bond motifs is 3. The average molecular weight is 606 g/mol. The summed E-state index contributed by atoms with van der Waals surface area (Å²) in [6.45, 7) is 3.88. The van der Waals surface area contributed by atoms with Gasteiger partial charge in [0, 0.05) is 68.8 Å². The maximum absolute atomic E-state index is 15.2. The second-order valence-corrected chi connectivity index (χ2v) is 11.2. The van der Waals surface area contributed by atoms with Crippen molar-refractivity contribution in [1.29, 1.82) is 0 Å². The van der Waals surface area contributed by atoms with Crippen LogP contribution in [0.15, 0.2) is 73.3 Å². The number of methoxy groups -OCH3 is 1. The van der Waals surface area contributed by atoms with Crippen molar-refractivity contribution in [2.45, 2.75) is 19.4 Å². The van der Waals surface area contributed by atoms with E-state index in [4.69, 9.17) is 15.5 Å². The van der Waals surface area contributed by atoms with Crippen molar-refractivity contribution >= 4 is 23.1 Å². The number of benzene rings is 2. The molecule has 11 nitrogen and oxygen atoms in total. The van der Waals surface area contributed by atoms with Crippen molar-refractivity contribution in [3.8, 4) is 23.0 Å². The van der Waals surface area contributed by atoms with E-state index in [1.54, 1.807) is 37.8 Å². The van der Waals surface area contributed by atoms with E-state index in [-0.39, 0.29) is 11.4 Å². The van der Waals surface area contributed by atoms with E-state index in [1.165, 1.54) is 22.5 Å². The molecule has 45 heavy (non-hydrogen) atoms. The molecule has 1 fully saturated rings. The van der Waals surface area contributed by atoms with Crippen LogP contribution < -0.4 is 20.7 Å². The van der Waals surface area contributed by atoms with E-state index in [2.05, 4.69) is 25.3 Å². The Balaban J connectivity index is 1.03. The monoisotopic (exact) mass is 605 g/mol. The van der Waals surface area contributed by atoms with Gasteiger partial charge in [0.1, 0.15) is 17.1 Å². The Morgan fingerprint density at radius 1 is 1.02 bits per heavy atom. The summed E-state index contributed by atoms with van der Waals surface area (Å²) in [5.74, 6) is 0.192. The van der Waals surface area contributed by atoms with Gasteiger partial charge in [0.2, 0.25) is 0 Å². The maximum Gasteiger partial charge on any atom is 0.261 e. The molecule has 12 heteroatoms. The molecule has 3 N–H and O–H groups in total. The number of halogens is 1. The number of hydrogen-bond donors (Lipinski definition) is 2. The Labute approximate surface area is 259 Å². The highest BCUT2D eigenvalue weighted by atomic mass is 19.1. The molecule has 0 unspecified atom stereocenters. The van der Waals surface area contributed by atoms with E-state index in [9.17, 15) is 4.79 Å². The number of hydrogen-bond acceptors (Lipinski definition) is 9. The molecule has 4 heterocycles. The highest BCUT2D eigenvalue weighted by Crippen LogP contribution is 2.34. The number of nitrogens with two attached hydrogens (primary N) is 1. The van der Waals surface area contributed by atoms with Gasteiger partial charge in [0.25, 0.3) is 11.9 Å². The first-order chi connectivity index (χ1) is 21.9. The molecular formula is C33H32FN9O2. The number of pyridine rings is 1. The van der Waals surface area contributed by atoms with Gasteiger partial charge in [-0.3, -0.25) is 14.7 Å². The Hall–Kier alpha value is -5.36. The molecule has 2 aromatic carbocycles. The zero-order valence-electron chi connectivity index (χ0n) is 24.8. The van der Waals surface area contributed by atoms with Gasteiger partial charge in [0.15, 0.2) is 5.82 Å². The van der Waals surface area contributed by atoms with Gasteiger partial charge in [-0.1, -0.05) is 0 Å². The molecule has 1 saturated heterocycles. The molecule has 5 aromatic rings. The molecule has 228 valence electrons. The van der Waals surface area contributed by atoms with Crippen molar-refractivity contribution < 1.29 is 13.9 Å². The molecular weight excluding hydrogens is 573 g/mol. The fourth-order valence-electron chi connectivity index (χ4n) is 5.93. The van der Waals surface area contributed by atoms with Gasteiger partial charge in [-0.2, -0.15) is 0 Å². The topological polar surface area (TPSA) is 127 Å². The molecule has 2 aliphatic rings. The van der Waals surface area contributed by atoms with Crippen LogP contribution in [0.3, 0.4) is 0 Å². The minimum absolute atomic E-state index is 0.0145. The van der Waals surface area contributed by atoms with Gasteiger partial charge in [-0.05, 0) is 78.1 Å². The zero-order valence-corrected chi connectivity index (χ0v) is 24.8. The largest absolute Gasteiger partial charge is 0.497 e. The first-order valence-electron chi connectivity index (χ1n) is 14.8. The van der Waals surface area contributed by atoms with Crippen LogP contribution >= 0.6 is 0 Å². The molecule has 0 radical (unpaired) electrons. The third kappa shape index (κ3) is 5.79. The molecule has 3 aromatic heterocycles. The minimum atomic E-state index is -0.508. The average Bonchev–Trinajstić information content (AvgIpc) is 3.47. The number of ether oxygens (including phenoxy) is 1. The number of anilines is 3. The van der Waals surface area contributed by atoms with E-state index in [1.807, 2.05) is 35.2 Å². The van der Waals surface area contributed by atoms with E-state index < -0.39 is 11.7 Å². The van der Waals surface area contributed by atoms with Crippen molar-refractivity contribution in [1.82, 2.24) is 29.6 Å². The smallest absolute Gasteiger partial charge is 0.261 e. The highest BCUT2D eigenvalue weighted by molar-refractivity contribution is 6.07. The molecule has 0 spiro atoms. The van der Waals surface area contributed by atoms with Crippen LogP contribution in [0.4, 0.5) is 21.6 Å². The van der Waals surface area contributed by atoms with Gasteiger partial charge < -0.3 is 20.7 Å². The third-order valence-electron chi connectivity index (χ3n) is 8.35. The summed E-state index contributed by atoms with van der Waals surface area (Å²) in [4.78, 5) is 30.9. The quantitative estimate of drug-likeness (QED) is 0.282. The van der Waals surface area contributed by atoms with Crippen molar-refractivity contribution in [2.24, 2.45) is 0 Å². The predicted octanol–water partition coefficient (Wildman–Crippen LogP) is 4.13. The lowest BCUT2D eigenvalue weighted by atomic mass is 9.90. The SMILES string of the molecule is COc1ccc2c(c1)CCc1cnc(-n3cc(C(=O)Nc4ccc(N5CCN(Cc6ccncc6)CC5)c(F)c4)c(N)n3)nc1-2. The second kappa shape index (κ2) is 12.0. The molecule has 1 amide bonds. The first kappa shape index (κ1) is 28.4. The summed E-state index contributed by atoms with van der Waals surface area (Å²) in [5, 5.41) is 7.05. The highest BCUT2D eigenvalue weighted by Gasteiger charge is 2.23. The van der Waals surface area contributed by atoms with Crippen LogP contribution in [-0.2, 0) is 19.4 Å². The number of nitrogens with zero attached hydrogens (tertiary/aromatic N) is 7. The fourth-order valence-corrected chi connectivity index (χ4v) is 5.93. The Kier molecular flexibility index (Phi) is 7.55. The molecule has 0 bridgehead atoms. The number of rotatable bonds is 7. The number of nitrogen functional groups attached to an aromatic ring is 1. The van der Waals surface area contributed by atoms with Crippen molar-refractivity contribution in [3.05, 3.63) is 101 Å². The molecule has 7 rings (SSSR count). The van der Waals surface area contributed by atoms with Crippen molar-refractivity contribution in [2.75, 3.05) is 49.2 Å². The summed E-state index contributed by atoms with van der Waals surface area (Å²) < 4.78 is 22.0. The van der Waals surface area contributed by atoms with Gasteiger partial charge in [0.05, 0.1) is 18.5 Å². The Bertz CT molecular complexity index is 1870. The summed E-state index contributed by atoms with van der Waals surface area (Å²) in [5.41, 5.74) is 12.3. The number of nitrogens with one attached hydrogen (secondary N) is 1. The molecule has 0 atom stereocenters. The minimum Gasteiger partial charge on any atom is -0.497 e. The zero-order chi connectivity index (χ0) is 30.9. The lowest BCUT2D eigenvalue weighted by Crippen LogP contribution is -2.46. The first-order valence-corrected chi connectivity index (χ1v) is 14.8. The number of piperazine rings is 1. The lowest BCUT2D eigenvalue weighted by Gasteiger charge is -2.36. The summed E-state index contributed by atoms with van der Waals surface area (Å²) in [7, 11) is 1.65. The Morgan fingerprint density at radius 2 is 1.82 bits per heavy atom. The summed E-state index contributed by atoms with van der Waals surface area (Å²) >= 11 is 0. The number of aromatic nitrogens is 5. The molecule has 1 aliphatic heterocycles. The molecule has 0 saturated carbocycles. The van der Waals surface area contributed by atoms with E-state index >= 15 is 4.39 Å². The van der Waals surface area contributed by atoms with Crippen molar-refractivity contribution in [3.63, 3.8) is 0 Å². The van der Waals surface area contributed by atoms with Gasteiger partial charge >= 0.3 is 0 Å². The third-order valence-corrected chi connectivity index (χ3v) is 8.35. The molecule has 1 aliphatic carbocycles. The maximum atomic E-state index is 15.2. The summed E-state index contributed by atoms with van der Waals surface area (Å²) in [6.07, 6.45) is 8.54. The standard InChI is InChI=1S/C33H32FN9O2/c1-45-25-5-6-26-22(16-25)2-3-23-18-37-33(39-30(23)26)43-20-27(31(35)40-43)32(44)38-24-4-7-29(28(34)17-24)42-14-12-41(13-15-42)19-21-8-10-36-11-9-21/h4-11,16-18,20H,2-3,12-15,19H2,1H3,(H2,35,40)(H,38,44). The van der Waals surface area contributed by atoms with Crippen LogP contribution in [0, 0.1) is 5.82 Å². The van der Waals surface area contributed by atoms with Crippen LogP contribution in [0.5, 0.6) is 5.75 Å². The van der Waals surface area contributed by atoms with E-state index in [0.29, 0.717) is 30.4 Å². The van der Waals surface area contributed by atoms with Crippen LogP contribution in [0.1, 0.15) is 27.0 Å². The Morgan fingerprint density at radius 3 is 2.60 bits per heavy atom. The normalized spacial score (nSPS) is 14.5. The summed E-state index contributed by atoms with van der Waals surface area (Å²) in [6, 6.07) is 14.7. The number of carbonyl (C=O) groups excluding carboxylic acids is 1. The predicted molar refractivity (Wildman–Crippen MR) is 169 cm³/mol. The van der Waals surface area contributed by atoms with Gasteiger partial charge in [-0.15, -0.1) is 5.10 Å². The number of aryl methyl sites for hydroxylation is 2. The second-order valence-electron chi connectivity index (χ2n) is 11.2. The fraction of sp³-hybridized carbons (Fsp3) is 0.242. The van der Waals surface area contributed by atoms with Gasteiger partial charge in [-0.25, -0.2) is 19.0 Å². The number of carbonyl (C=O) groups is 1. The lowest BCUT2D eigenvalue weighted by molar-refractivity contribution is 0.102. The van der Waals surface area contributed by atoms with E-state index in [0.717, 1.165) is 60.6 Å². The van der Waals surface area contributed by atoms with Crippen LogP contribution in [-0.4, -0.2) is 68.8 Å². The van der Waals surface area contributed by atoms with Crippen LogP contribution in [0.2, 0.25) is 0 Å². The van der Waals surface area contributed by atoms with Crippen LogP contribution in [0.25, 0.3) is 17.2 Å².